The van der Waals surface area contributed by atoms with Gasteiger partial charge in [-0.15, -0.1) is 0 Å². The lowest BCUT2D eigenvalue weighted by molar-refractivity contribution is -0.0543. The number of aliphatic hydroxyl groups excluding tert-OH is 1. The largest absolute Gasteiger partial charge is 0.479 e. The van der Waals surface area contributed by atoms with Crippen molar-refractivity contribution in [3.05, 3.63) is 63.4 Å². The highest BCUT2D eigenvalue weighted by Crippen LogP contribution is 2.59. The molecule has 2 heterocycles. The van der Waals surface area contributed by atoms with E-state index in [9.17, 15) is 38.4 Å². The van der Waals surface area contributed by atoms with Crippen molar-refractivity contribution in [1.82, 2.24) is 9.55 Å². The van der Waals surface area contributed by atoms with Crippen molar-refractivity contribution in [3.63, 3.8) is 0 Å². The van der Waals surface area contributed by atoms with Gasteiger partial charge >= 0.3 is 27.2 Å². The zero-order valence-corrected chi connectivity index (χ0v) is 19.9. The average Bonchev–Trinajstić information content (AvgIpc) is 3.07. The third-order valence-corrected chi connectivity index (χ3v) is 7.85. The normalized spacial score (nSPS) is 25.4. The highest BCUT2D eigenvalue weighted by Gasteiger charge is 2.49. The molecule has 1 fully saturated rings. The molecule has 1 saturated heterocycles. The predicted octanol–water partition coefficient (Wildman–Crippen LogP) is 0.751. The van der Waals surface area contributed by atoms with Crippen LogP contribution in [-0.2, 0) is 27.4 Å². The number of carbonyl (C=O) groups excluding carboxylic acids is 1. The van der Waals surface area contributed by atoms with Crippen molar-refractivity contribution in [2.24, 2.45) is 0 Å². The number of ether oxygens (including phenoxy) is 2. The minimum Gasteiger partial charge on any atom is -0.440 e. The molecule has 1 aliphatic heterocycles. The fourth-order valence-electron chi connectivity index (χ4n) is 3.06. The van der Waals surface area contributed by atoms with Crippen molar-refractivity contribution in [2.45, 2.75) is 31.5 Å². The van der Waals surface area contributed by atoms with E-state index in [0.717, 1.165) is 16.8 Å². The summed E-state index contributed by atoms with van der Waals surface area (Å²) in [6.07, 6.45) is -6.66. The van der Waals surface area contributed by atoms with Crippen LogP contribution in [0, 0.1) is 0 Å². The third-order valence-electron chi connectivity index (χ3n) is 4.73. The highest BCUT2D eigenvalue weighted by molar-refractivity contribution is 7.63. The van der Waals surface area contributed by atoms with Crippen LogP contribution in [0.4, 0.5) is 10.5 Å². The van der Waals surface area contributed by atoms with Gasteiger partial charge in [-0.05, 0) is 12.1 Å². The molecule has 192 valence electrons. The molecular formula is C18H23N3O12P2. The van der Waals surface area contributed by atoms with Crippen LogP contribution in [0.5, 0.6) is 0 Å². The molecule has 0 spiro atoms. The van der Waals surface area contributed by atoms with Gasteiger partial charge in [0.2, 0.25) is 0 Å². The minimum atomic E-state index is -5.07. The number of aromatic nitrogens is 2. The highest BCUT2D eigenvalue weighted by atomic mass is 31.3. The SMILES string of the molecule is CCP(=O)(O)OP(=O)(O)OC[C@H]1O[C@@H](n2ccc(=O)[nH]c2=O)[C@@H](O)C1OC(=O)Nc1ccccc1. The Labute approximate surface area is 197 Å². The number of amides is 1. The van der Waals surface area contributed by atoms with Gasteiger partial charge in [-0.3, -0.25) is 28.8 Å². The molecule has 17 heteroatoms. The zero-order chi connectivity index (χ0) is 25.8. The van der Waals surface area contributed by atoms with E-state index in [1.807, 2.05) is 4.98 Å². The molecular weight excluding hydrogens is 512 g/mol. The van der Waals surface area contributed by atoms with Gasteiger partial charge in [-0.25, -0.2) is 18.5 Å². The van der Waals surface area contributed by atoms with E-state index in [2.05, 4.69) is 9.63 Å². The summed E-state index contributed by atoms with van der Waals surface area (Å²) in [4.78, 5) is 57.1. The molecule has 3 unspecified atom stereocenters. The molecule has 0 radical (unpaired) electrons. The lowest BCUT2D eigenvalue weighted by Gasteiger charge is -2.22. The quantitative estimate of drug-likeness (QED) is 0.281. The fraction of sp³-hybridized carbons (Fsp3) is 0.389. The van der Waals surface area contributed by atoms with Crippen LogP contribution >= 0.6 is 15.4 Å². The van der Waals surface area contributed by atoms with E-state index < -0.39 is 70.1 Å². The number of anilines is 1. The van der Waals surface area contributed by atoms with Crippen LogP contribution in [0.2, 0.25) is 0 Å². The first-order chi connectivity index (χ1) is 16.4. The molecule has 1 aromatic carbocycles. The number of benzene rings is 1. The molecule has 15 nitrogen and oxygen atoms in total. The van der Waals surface area contributed by atoms with Crippen LogP contribution in [0.25, 0.3) is 0 Å². The molecule has 0 bridgehead atoms. The molecule has 0 aliphatic carbocycles. The maximum Gasteiger partial charge on any atom is 0.479 e. The second-order valence-corrected chi connectivity index (χ2v) is 11.0. The van der Waals surface area contributed by atoms with E-state index in [1.165, 1.54) is 6.92 Å². The van der Waals surface area contributed by atoms with E-state index >= 15 is 0 Å². The lowest BCUT2D eigenvalue weighted by Crippen LogP contribution is -2.40. The Balaban J connectivity index is 1.80. The molecule has 1 aromatic heterocycles. The summed E-state index contributed by atoms with van der Waals surface area (Å²) in [5.74, 6) is 0. The summed E-state index contributed by atoms with van der Waals surface area (Å²) < 4.78 is 44.3. The molecule has 5 N–H and O–H groups in total. The Hall–Kier alpha value is -2.61. The maximum atomic E-state index is 12.4. The van der Waals surface area contributed by atoms with Gasteiger partial charge < -0.3 is 24.4 Å². The van der Waals surface area contributed by atoms with Gasteiger partial charge in [0.1, 0.15) is 12.2 Å². The van der Waals surface area contributed by atoms with Gasteiger partial charge in [-0.1, -0.05) is 25.1 Å². The number of nitrogens with one attached hydrogen (secondary N) is 2. The van der Waals surface area contributed by atoms with Gasteiger partial charge in [0.25, 0.3) is 5.56 Å². The Morgan fingerprint density at radius 1 is 1.20 bits per heavy atom. The Bertz CT molecular complexity index is 1250. The monoisotopic (exact) mass is 535 g/mol. The van der Waals surface area contributed by atoms with Crippen LogP contribution in [0.15, 0.2) is 52.2 Å². The number of phosphoric acid groups is 1. The molecule has 3 rings (SSSR count). The smallest absolute Gasteiger partial charge is 0.440 e. The van der Waals surface area contributed by atoms with Crippen molar-refractivity contribution in [3.8, 4) is 0 Å². The first-order valence-electron chi connectivity index (χ1n) is 10.1. The topological polar surface area (TPSA) is 216 Å². The molecule has 35 heavy (non-hydrogen) atoms. The first kappa shape index (κ1) is 27.0. The number of rotatable bonds is 9. The predicted molar refractivity (Wildman–Crippen MR) is 119 cm³/mol. The summed E-state index contributed by atoms with van der Waals surface area (Å²) in [5.41, 5.74) is -1.30. The Morgan fingerprint density at radius 2 is 1.89 bits per heavy atom. The number of nitrogens with zero attached hydrogens (tertiary/aromatic N) is 1. The number of aliphatic hydroxyl groups is 1. The summed E-state index contributed by atoms with van der Waals surface area (Å²) in [6.45, 7) is 0.394. The van der Waals surface area contributed by atoms with Crippen LogP contribution in [0.1, 0.15) is 13.2 Å². The molecule has 0 saturated carbocycles. The van der Waals surface area contributed by atoms with Gasteiger partial charge in [0.05, 0.1) is 6.61 Å². The molecule has 1 amide bonds. The van der Waals surface area contributed by atoms with E-state index in [1.54, 1.807) is 30.3 Å². The standard InChI is InChI=1S/C18H23N3O12P2/c1-2-34(26,27)33-35(28,29)30-10-12-15(32-18(25)19-11-6-4-3-5-7-11)14(23)16(31-12)21-9-8-13(22)20-17(21)24/h3-9,12,14-16,23H,2,10H2,1H3,(H,19,25)(H,26,27)(H,28,29)(H,20,22,24)/t12-,14+,15?,16-/m1/s1. The van der Waals surface area contributed by atoms with Gasteiger partial charge in [0, 0.05) is 24.1 Å². The van der Waals surface area contributed by atoms with Crippen molar-refractivity contribution >= 4 is 27.2 Å². The van der Waals surface area contributed by atoms with Crippen LogP contribution in [-0.4, -0.2) is 61.6 Å². The summed E-state index contributed by atoms with van der Waals surface area (Å²) in [7, 11) is -9.49. The van der Waals surface area contributed by atoms with Crippen LogP contribution in [0.3, 0.4) is 0 Å². The number of carbonyl (C=O) groups is 1. The number of hydrogen-bond donors (Lipinski definition) is 5. The average molecular weight is 535 g/mol. The summed E-state index contributed by atoms with van der Waals surface area (Å²) >= 11 is 0. The lowest BCUT2D eigenvalue weighted by atomic mass is 10.1. The molecule has 2 aromatic rings. The Kier molecular flexibility index (Phi) is 8.46. The number of phosphoric ester groups is 1. The number of hydrogen-bond acceptors (Lipinski definition) is 10. The van der Waals surface area contributed by atoms with Crippen molar-refractivity contribution < 1.29 is 47.1 Å². The summed E-state index contributed by atoms with van der Waals surface area (Å²) in [6, 6.07) is 9.11. The van der Waals surface area contributed by atoms with E-state index in [4.69, 9.17) is 14.0 Å². The van der Waals surface area contributed by atoms with Crippen LogP contribution < -0.4 is 16.6 Å². The van der Waals surface area contributed by atoms with Gasteiger partial charge in [-0.2, -0.15) is 0 Å². The number of para-hydroxylation sites is 1. The zero-order valence-electron chi connectivity index (χ0n) is 18.1. The van der Waals surface area contributed by atoms with E-state index in [0.29, 0.717) is 5.69 Å². The third kappa shape index (κ3) is 7.19. The number of aromatic amines is 1. The summed E-state index contributed by atoms with van der Waals surface area (Å²) in [5, 5.41) is 13.2. The van der Waals surface area contributed by atoms with Crippen molar-refractivity contribution in [1.29, 1.82) is 0 Å². The fourth-order valence-corrected chi connectivity index (χ4v) is 5.33. The molecule has 6 atom stereocenters. The van der Waals surface area contributed by atoms with E-state index in [-0.39, 0.29) is 0 Å². The molecule has 1 aliphatic rings. The minimum absolute atomic E-state index is 0.360. The number of H-pyrrole nitrogens is 1. The van der Waals surface area contributed by atoms with Gasteiger partial charge in [0.15, 0.2) is 12.3 Å². The Morgan fingerprint density at radius 3 is 2.51 bits per heavy atom. The first-order valence-corrected chi connectivity index (χ1v) is 13.3. The maximum absolute atomic E-state index is 12.4. The second kappa shape index (κ2) is 11.0. The van der Waals surface area contributed by atoms with Crippen molar-refractivity contribution in [2.75, 3.05) is 18.1 Å². The second-order valence-electron chi connectivity index (χ2n) is 7.23.